The number of aliphatic hydroxyl groups excluding tert-OH is 1. The molecule has 0 bridgehead atoms. The standard InChI is InChI=1S/C19H30N6O3/c1-22-16-15(17(27)21-19(22)28)25(18(20-16)24-10-6-3-7-11-24)13-14(26)12-23-8-4-2-5-9-23/h14,26H,2-13H2,1H3,(H,21,27,28)/p+1/t14-/m1/s1. The van der Waals surface area contributed by atoms with Gasteiger partial charge in [-0.25, -0.2) is 4.79 Å². The van der Waals surface area contributed by atoms with E-state index in [9.17, 15) is 14.7 Å². The van der Waals surface area contributed by atoms with Crippen LogP contribution < -0.4 is 21.0 Å². The number of H-pyrrole nitrogens is 1. The van der Waals surface area contributed by atoms with E-state index < -0.39 is 17.4 Å². The molecule has 4 rings (SSSR count). The molecule has 0 spiro atoms. The number of hydrogen-bond acceptors (Lipinski definition) is 5. The van der Waals surface area contributed by atoms with E-state index in [4.69, 9.17) is 0 Å². The predicted octanol–water partition coefficient (Wildman–Crippen LogP) is -1.16. The minimum absolute atomic E-state index is 0.313. The van der Waals surface area contributed by atoms with E-state index in [-0.39, 0.29) is 0 Å². The Morgan fingerprint density at radius 1 is 1.11 bits per heavy atom. The lowest BCUT2D eigenvalue weighted by molar-refractivity contribution is -0.908. The molecule has 2 fully saturated rings. The first-order valence-electron chi connectivity index (χ1n) is 10.5. The Kier molecular flexibility index (Phi) is 5.54. The third-order valence-electron chi connectivity index (χ3n) is 6.10. The quantitative estimate of drug-likeness (QED) is 0.597. The molecular weight excluding hydrogens is 360 g/mol. The number of anilines is 1. The number of aryl methyl sites for hydroxylation is 1. The van der Waals surface area contributed by atoms with Crippen molar-refractivity contribution in [1.29, 1.82) is 0 Å². The van der Waals surface area contributed by atoms with Crippen LogP contribution in [0.15, 0.2) is 9.59 Å². The van der Waals surface area contributed by atoms with Crippen LogP contribution in [0.1, 0.15) is 38.5 Å². The molecule has 4 heterocycles. The lowest BCUT2D eigenvalue weighted by atomic mass is 10.1. The minimum atomic E-state index is -0.564. The SMILES string of the molecule is Cn1c(=O)[nH]c(=O)c2c1nc(N1CCCCC1)n2C[C@H](O)C[NH+]1CCCCC1. The number of aromatic amines is 1. The van der Waals surface area contributed by atoms with Crippen molar-refractivity contribution in [3.8, 4) is 0 Å². The molecule has 2 saturated heterocycles. The molecular formula is C19H31N6O3+. The predicted molar refractivity (Wildman–Crippen MR) is 107 cm³/mol. The zero-order valence-electron chi connectivity index (χ0n) is 16.6. The highest BCUT2D eigenvalue weighted by molar-refractivity contribution is 5.74. The average Bonchev–Trinajstić information content (AvgIpc) is 3.07. The molecule has 3 N–H and O–H groups in total. The molecule has 2 aliphatic heterocycles. The summed E-state index contributed by atoms with van der Waals surface area (Å²) in [5.74, 6) is 0.689. The van der Waals surface area contributed by atoms with Crippen LogP contribution >= 0.6 is 0 Å². The highest BCUT2D eigenvalue weighted by Gasteiger charge is 2.26. The summed E-state index contributed by atoms with van der Waals surface area (Å²) in [6, 6.07) is 0. The van der Waals surface area contributed by atoms with Gasteiger partial charge in [0.05, 0.1) is 19.6 Å². The molecule has 9 heteroatoms. The fraction of sp³-hybridized carbons (Fsp3) is 0.737. The second kappa shape index (κ2) is 8.08. The number of hydrogen-bond donors (Lipinski definition) is 3. The van der Waals surface area contributed by atoms with Crippen molar-refractivity contribution in [3.63, 3.8) is 0 Å². The van der Waals surface area contributed by atoms with E-state index in [0.29, 0.717) is 30.2 Å². The molecule has 2 aliphatic rings. The summed E-state index contributed by atoms with van der Waals surface area (Å²) in [7, 11) is 1.62. The Labute approximate surface area is 163 Å². The third kappa shape index (κ3) is 3.73. The number of nitrogens with zero attached hydrogens (tertiary/aromatic N) is 4. The van der Waals surface area contributed by atoms with Gasteiger partial charge in [0.2, 0.25) is 5.95 Å². The van der Waals surface area contributed by atoms with E-state index in [2.05, 4.69) is 14.9 Å². The van der Waals surface area contributed by atoms with E-state index >= 15 is 0 Å². The Morgan fingerprint density at radius 2 is 1.79 bits per heavy atom. The molecule has 154 valence electrons. The van der Waals surface area contributed by atoms with Crippen molar-refractivity contribution >= 4 is 17.1 Å². The fourth-order valence-electron chi connectivity index (χ4n) is 4.60. The zero-order valence-corrected chi connectivity index (χ0v) is 16.6. The number of fused-ring (bicyclic) bond motifs is 1. The number of imidazole rings is 1. The number of aliphatic hydroxyl groups is 1. The normalized spacial score (nSPS) is 20.0. The summed E-state index contributed by atoms with van der Waals surface area (Å²) in [5, 5.41) is 10.8. The lowest BCUT2D eigenvalue weighted by Gasteiger charge is -2.29. The molecule has 1 atom stereocenters. The summed E-state index contributed by atoms with van der Waals surface area (Å²) in [4.78, 5) is 35.3. The molecule has 9 nitrogen and oxygen atoms in total. The summed E-state index contributed by atoms with van der Waals surface area (Å²) in [6.45, 7) is 4.92. The maximum absolute atomic E-state index is 12.6. The number of rotatable bonds is 5. The van der Waals surface area contributed by atoms with Crippen molar-refractivity contribution in [2.45, 2.75) is 51.2 Å². The minimum Gasteiger partial charge on any atom is -0.385 e. The number of piperidine rings is 2. The van der Waals surface area contributed by atoms with Gasteiger partial charge < -0.3 is 19.5 Å². The molecule has 0 saturated carbocycles. The number of aromatic nitrogens is 4. The fourth-order valence-corrected chi connectivity index (χ4v) is 4.60. The van der Waals surface area contributed by atoms with E-state index in [1.54, 1.807) is 7.05 Å². The number of quaternary nitrogens is 1. The van der Waals surface area contributed by atoms with E-state index in [1.807, 2.05) is 4.57 Å². The monoisotopic (exact) mass is 391 g/mol. The van der Waals surface area contributed by atoms with Crippen LogP contribution in [0.4, 0.5) is 5.95 Å². The Morgan fingerprint density at radius 3 is 2.50 bits per heavy atom. The molecule has 28 heavy (non-hydrogen) atoms. The molecule has 0 aliphatic carbocycles. The Hall–Kier alpha value is -2.13. The maximum Gasteiger partial charge on any atom is 0.329 e. The van der Waals surface area contributed by atoms with Crippen LogP contribution in [0.25, 0.3) is 11.2 Å². The summed E-state index contributed by atoms with van der Waals surface area (Å²) >= 11 is 0. The van der Waals surface area contributed by atoms with E-state index in [0.717, 1.165) is 39.0 Å². The van der Waals surface area contributed by atoms with Gasteiger partial charge in [-0.05, 0) is 38.5 Å². The van der Waals surface area contributed by atoms with Gasteiger partial charge in [-0.15, -0.1) is 0 Å². The Bertz CT molecular complexity index is 934. The molecule has 2 aromatic heterocycles. The second-order valence-electron chi connectivity index (χ2n) is 8.23. The molecule has 2 aromatic rings. The van der Waals surface area contributed by atoms with Gasteiger partial charge in [0.25, 0.3) is 5.56 Å². The first-order valence-corrected chi connectivity index (χ1v) is 10.5. The van der Waals surface area contributed by atoms with Crippen molar-refractivity contribution < 1.29 is 10.0 Å². The van der Waals surface area contributed by atoms with Gasteiger partial charge in [-0.1, -0.05) is 0 Å². The summed E-state index contributed by atoms with van der Waals surface area (Å²) in [5.41, 5.74) is -0.153. The van der Waals surface area contributed by atoms with Gasteiger partial charge in [-0.3, -0.25) is 14.3 Å². The smallest absolute Gasteiger partial charge is 0.329 e. The number of likely N-dealkylation sites (tertiary alicyclic amines) is 1. The summed E-state index contributed by atoms with van der Waals surface area (Å²) < 4.78 is 3.20. The maximum atomic E-state index is 12.6. The average molecular weight is 391 g/mol. The largest absolute Gasteiger partial charge is 0.385 e. The van der Waals surface area contributed by atoms with Crippen LogP contribution in [0, 0.1) is 0 Å². The summed E-state index contributed by atoms with van der Waals surface area (Å²) in [6.07, 6.45) is 6.47. The van der Waals surface area contributed by atoms with Crippen molar-refractivity contribution in [2.24, 2.45) is 7.05 Å². The lowest BCUT2D eigenvalue weighted by Crippen LogP contribution is -3.13. The number of nitrogens with one attached hydrogen (secondary N) is 2. The van der Waals surface area contributed by atoms with Crippen LogP contribution in [0.5, 0.6) is 0 Å². The topological polar surface area (TPSA) is 101 Å². The van der Waals surface area contributed by atoms with Gasteiger partial charge in [0, 0.05) is 20.1 Å². The zero-order chi connectivity index (χ0) is 19.7. The van der Waals surface area contributed by atoms with Crippen molar-refractivity contribution in [3.05, 3.63) is 20.8 Å². The van der Waals surface area contributed by atoms with Crippen LogP contribution in [0.2, 0.25) is 0 Å². The molecule has 0 aromatic carbocycles. The third-order valence-corrected chi connectivity index (χ3v) is 6.10. The van der Waals surface area contributed by atoms with Gasteiger partial charge in [0.1, 0.15) is 12.6 Å². The van der Waals surface area contributed by atoms with Crippen LogP contribution in [-0.4, -0.2) is 63.0 Å². The van der Waals surface area contributed by atoms with Crippen LogP contribution in [-0.2, 0) is 13.6 Å². The van der Waals surface area contributed by atoms with Gasteiger partial charge in [0.15, 0.2) is 11.2 Å². The molecule has 0 radical (unpaired) electrons. The van der Waals surface area contributed by atoms with Gasteiger partial charge >= 0.3 is 5.69 Å². The molecule has 0 amide bonds. The van der Waals surface area contributed by atoms with Crippen molar-refractivity contribution in [2.75, 3.05) is 37.6 Å². The first-order chi connectivity index (χ1) is 13.5. The first kappa shape index (κ1) is 19.2. The second-order valence-corrected chi connectivity index (χ2v) is 8.23. The highest BCUT2D eigenvalue weighted by Crippen LogP contribution is 2.23. The Balaban J connectivity index is 1.70. The van der Waals surface area contributed by atoms with Crippen molar-refractivity contribution in [1.82, 2.24) is 19.1 Å². The van der Waals surface area contributed by atoms with E-state index in [1.165, 1.54) is 35.2 Å². The van der Waals surface area contributed by atoms with Crippen LogP contribution in [0.3, 0.4) is 0 Å². The van der Waals surface area contributed by atoms with Gasteiger partial charge in [-0.2, -0.15) is 4.98 Å². The molecule has 0 unspecified atom stereocenters. The highest BCUT2D eigenvalue weighted by atomic mass is 16.3.